The lowest BCUT2D eigenvalue weighted by atomic mass is 10.1. The number of carbonyl (C=O) groups excluding carboxylic acids is 1. The third-order valence-electron chi connectivity index (χ3n) is 4.13. The number of amides is 2. The van der Waals surface area contributed by atoms with Crippen molar-refractivity contribution in [3.05, 3.63) is 48.4 Å². The van der Waals surface area contributed by atoms with E-state index in [1.807, 2.05) is 17.0 Å². The van der Waals surface area contributed by atoms with Crippen LogP contribution in [0, 0.1) is 0 Å². The summed E-state index contributed by atoms with van der Waals surface area (Å²) in [5, 5.41) is 2.91. The number of hydrogen-bond donors (Lipinski definition) is 1. The smallest absolute Gasteiger partial charge is 0.322 e. The Morgan fingerprint density at radius 2 is 2.12 bits per heavy atom. The number of ether oxygens (including phenoxy) is 2. The van der Waals surface area contributed by atoms with Crippen molar-refractivity contribution in [1.82, 2.24) is 14.9 Å². The Morgan fingerprint density at radius 3 is 2.84 bits per heavy atom. The maximum Gasteiger partial charge on any atom is 0.322 e. The number of nitrogens with one attached hydrogen (secondary N) is 1. The number of methoxy groups -OCH3 is 1. The lowest BCUT2D eigenvalue weighted by Crippen LogP contribution is -2.34. The second-order valence-electron chi connectivity index (χ2n) is 5.79. The highest BCUT2D eigenvalue weighted by Gasteiger charge is 2.29. The fourth-order valence-electron chi connectivity index (χ4n) is 2.91. The summed E-state index contributed by atoms with van der Waals surface area (Å²) in [6, 6.07) is 7.41. The highest BCUT2D eigenvalue weighted by Crippen LogP contribution is 2.32. The number of aromatic nitrogens is 2. The number of nitrogens with zero attached hydrogens (tertiary/aromatic N) is 3. The van der Waals surface area contributed by atoms with Crippen LogP contribution in [0.4, 0.5) is 10.5 Å². The first-order chi connectivity index (χ1) is 12.3. The molecule has 0 aliphatic carbocycles. The molecule has 1 N–H and O–H groups in total. The van der Waals surface area contributed by atoms with Crippen LogP contribution in [-0.4, -0.2) is 47.8 Å². The van der Waals surface area contributed by atoms with Gasteiger partial charge in [0.25, 0.3) is 0 Å². The normalized spacial score (nSPS) is 16.7. The molecule has 0 radical (unpaired) electrons. The third kappa shape index (κ3) is 4.45. The average Bonchev–Trinajstić information content (AvgIpc) is 3.14. The summed E-state index contributed by atoms with van der Waals surface area (Å²) in [5.41, 5.74) is 1.76. The summed E-state index contributed by atoms with van der Waals surface area (Å²) in [6.45, 7) is 1.69. The molecule has 0 saturated carbocycles. The molecule has 1 fully saturated rings. The summed E-state index contributed by atoms with van der Waals surface area (Å²) >= 11 is 0. The van der Waals surface area contributed by atoms with E-state index in [-0.39, 0.29) is 12.1 Å². The molecule has 1 atom stereocenters. The first-order valence-electron chi connectivity index (χ1n) is 8.33. The monoisotopic (exact) mass is 342 g/mol. The van der Waals surface area contributed by atoms with E-state index in [1.54, 1.807) is 37.8 Å². The first kappa shape index (κ1) is 17.2. The molecule has 1 aliphatic heterocycles. The summed E-state index contributed by atoms with van der Waals surface area (Å²) in [6.07, 6.45) is 7.07. The fraction of sp³-hybridized carbons (Fsp3) is 0.389. The Labute approximate surface area is 147 Å². The predicted octanol–water partition coefficient (Wildman–Crippen LogP) is 2.87. The quantitative estimate of drug-likeness (QED) is 0.817. The molecule has 25 heavy (non-hydrogen) atoms. The molecule has 0 bridgehead atoms. The zero-order valence-corrected chi connectivity index (χ0v) is 14.2. The molecule has 2 aromatic rings. The SMILES string of the molecule is COCCOc1ccc(NC(=O)N2CCC[C@@H]2c2ccncc2)cn1. The van der Waals surface area contributed by atoms with Gasteiger partial charge in [0, 0.05) is 32.1 Å². The van der Waals surface area contributed by atoms with Crippen LogP contribution in [0.1, 0.15) is 24.4 Å². The fourth-order valence-corrected chi connectivity index (χ4v) is 2.91. The molecule has 132 valence electrons. The van der Waals surface area contributed by atoms with Gasteiger partial charge in [-0.05, 0) is 36.6 Å². The molecule has 7 nitrogen and oxygen atoms in total. The van der Waals surface area contributed by atoms with Gasteiger partial charge < -0.3 is 19.7 Å². The van der Waals surface area contributed by atoms with Gasteiger partial charge in [0.05, 0.1) is 24.5 Å². The molecule has 3 rings (SSSR count). The highest BCUT2D eigenvalue weighted by molar-refractivity contribution is 5.89. The van der Waals surface area contributed by atoms with E-state index in [0.717, 1.165) is 24.9 Å². The molecule has 1 saturated heterocycles. The van der Waals surface area contributed by atoms with Crippen LogP contribution in [0.5, 0.6) is 5.88 Å². The van der Waals surface area contributed by atoms with Crippen LogP contribution in [0.3, 0.4) is 0 Å². The molecular weight excluding hydrogens is 320 g/mol. The van der Waals surface area contributed by atoms with Gasteiger partial charge in [0.15, 0.2) is 0 Å². The minimum Gasteiger partial charge on any atom is -0.475 e. The van der Waals surface area contributed by atoms with E-state index < -0.39 is 0 Å². The van der Waals surface area contributed by atoms with E-state index in [9.17, 15) is 4.79 Å². The second kappa shape index (κ2) is 8.43. The molecule has 2 aromatic heterocycles. The van der Waals surface area contributed by atoms with Gasteiger partial charge >= 0.3 is 6.03 Å². The molecule has 7 heteroatoms. The second-order valence-corrected chi connectivity index (χ2v) is 5.79. The zero-order chi connectivity index (χ0) is 17.5. The van der Waals surface area contributed by atoms with Crippen molar-refractivity contribution >= 4 is 11.7 Å². The summed E-state index contributed by atoms with van der Waals surface area (Å²) in [5.74, 6) is 0.505. The van der Waals surface area contributed by atoms with Crippen LogP contribution >= 0.6 is 0 Å². The summed E-state index contributed by atoms with van der Waals surface area (Å²) in [7, 11) is 1.62. The third-order valence-corrected chi connectivity index (χ3v) is 4.13. The van der Waals surface area contributed by atoms with Gasteiger partial charge in [0.2, 0.25) is 5.88 Å². The van der Waals surface area contributed by atoms with Crippen LogP contribution in [0.2, 0.25) is 0 Å². The number of anilines is 1. The van der Waals surface area contributed by atoms with E-state index in [2.05, 4.69) is 15.3 Å². The van der Waals surface area contributed by atoms with Gasteiger partial charge in [-0.1, -0.05) is 0 Å². The number of likely N-dealkylation sites (tertiary alicyclic amines) is 1. The largest absolute Gasteiger partial charge is 0.475 e. The van der Waals surface area contributed by atoms with Crippen molar-refractivity contribution < 1.29 is 14.3 Å². The maximum atomic E-state index is 12.6. The lowest BCUT2D eigenvalue weighted by molar-refractivity contribution is 0.144. The number of rotatable bonds is 6. The minimum atomic E-state index is -0.117. The predicted molar refractivity (Wildman–Crippen MR) is 93.5 cm³/mol. The minimum absolute atomic E-state index is 0.0904. The van der Waals surface area contributed by atoms with Gasteiger partial charge in [-0.15, -0.1) is 0 Å². The summed E-state index contributed by atoms with van der Waals surface area (Å²) in [4.78, 5) is 22.7. The van der Waals surface area contributed by atoms with Crippen LogP contribution in [0.25, 0.3) is 0 Å². The highest BCUT2D eigenvalue weighted by atomic mass is 16.5. The summed E-state index contributed by atoms with van der Waals surface area (Å²) < 4.78 is 10.3. The number of hydrogen-bond acceptors (Lipinski definition) is 5. The Balaban J connectivity index is 1.59. The molecule has 0 unspecified atom stereocenters. The number of carbonyl (C=O) groups is 1. The van der Waals surface area contributed by atoms with Crippen molar-refractivity contribution in [2.75, 3.05) is 32.2 Å². The topological polar surface area (TPSA) is 76.6 Å². The van der Waals surface area contributed by atoms with E-state index in [0.29, 0.717) is 24.8 Å². The first-order valence-corrected chi connectivity index (χ1v) is 8.33. The molecule has 1 aliphatic rings. The number of urea groups is 1. The van der Waals surface area contributed by atoms with Gasteiger partial charge in [-0.25, -0.2) is 9.78 Å². The maximum absolute atomic E-state index is 12.6. The molecule has 3 heterocycles. The lowest BCUT2D eigenvalue weighted by Gasteiger charge is -2.25. The molecule has 0 spiro atoms. The van der Waals surface area contributed by atoms with Crippen molar-refractivity contribution in [2.45, 2.75) is 18.9 Å². The Morgan fingerprint density at radius 1 is 1.28 bits per heavy atom. The molecular formula is C18H22N4O3. The number of pyridine rings is 2. The van der Waals surface area contributed by atoms with Gasteiger partial charge in [-0.3, -0.25) is 4.98 Å². The average molecular weight is 342 g/mol. The Kier molecular flexibility index (Phi) is 5.79. The zero-order valence-electron chi connectivity index (χ0n) is 14.2. The Hall–Kier alpha value is -2.67. The Bertz CT molecular complexity index is 678. The molecule has 0 aromatic carbocycles. The molecule has 2 amide bonds. The van der Waals surface area contributed by atoms with Crippen LogP contribution in [0.15, 0.2) is 42.9 Å². The van der Waals surface area contributed by atoms with Crippen molar-refractivity contribution in [1.29, 1.82) is 0 Å². The van der Waals surface area contributed by atoms with E-state index >= 15 is 0 Å². The standard InChI is InChI=1S/C18H22N4O3/c1-24-11-12-25-17-5-4-15(13-20-17)21-18(23)22-10-2-3-16(22)14-6-8-19-9-7-14/h4-9,13,16H,2-3,10-12H2,1H3,(H,21,23)/t16-/m1/s1. The van der Waals surface area contributed by atoms with Crippen molar-refractivity contribution in [3.8, 4) is 5.88 Å². The van der Waals surface area contributed by atoms with Crippen LogP contribution < -0.4 is 10.1 Å². The van der Waals surface area contributed by atoms with Gasteiger partial charge in [0.1, 0.15) is 6.61 Å². The van der Waals surface area contributed by atoms with Crippen molar-refractivity contribution in [2.24, 2.45) is 0 Å². The van der Waals surface area contributed by atoms with Crippen LogP contribution in [-0.2, 0) is 4.74 Å². The van der Waals surface area contributed by atoms with Gasteiger partial charge in [-0.2, -0.15) is 0 Å². The van der Waals surface area contributed by atoms with E-state index in [4.69, 9.17) is 9.47 Å². The van der Waals surface area contributed by atoms with E-state index in [1.165, 1.54) is 0 Å². The van der Waals surface area contributed by atoms with Crippen molar-refractivity contribution in [3.63, 3.8) is 0 Å².